The van der Waals surface area contributed by atoms with Crippen LogP contribution in [0.2, 0.25) is 5.02 Å². The van der Waals surface area contributed by atoms with E-state index < -0.39 is 0 Å². The van der Waals surface area contributed by atoms with E-state index in [1.165, 1.54) is 0 Å². The van der Waals surface area contributed by atoms with Crippen molar-refractivity contribution in [3.63, 3.8) is 0 Å². The number of nitrogens with zero attached hydrogens (tertiary/aromatic N) is 1. The van der Waals surface area contributed by atoms with Gasteiger partial charge in [0.2, 0.25) is 0 Å². The molecule has 0 radical (unpaired) electrons. The molecule has 3 rings (SSSR count). The van der Waals surface area contributed by atoms with Gasteiger partial charge >= 0.3 is 0 Å². The molecule has 2 aromatic heterocycles. The molecule has 0 unspecified atom stereocenters. The minimum atomic E-state index is -0.338. The summed E-state index contributed by atoms with van der Waals surface area (Å²) in [6.07, 6.45) is 0. The van der Waals surface area contributed by atoms with Crippen LogP contribution in [0.3, 0.4) is 0 Å². The molecule has 3 aromatic rings. The summed E-state index contributed by atoms with van der Waals surface area (Å²) >= 11 is 5.90. The Hall–Kier alpha value is -2.33. The van der Waals surface area contributed by atoms with Crippen molar-refractivity contribution in [2.45, 2.75) is 6.92 Å². The van der Waals surface area contributed by atoms with E-state index in [1.807, 2.05) is 19.1 Å². The van der Waals surface area contributed by atoms with Crippen molar-refractivity contribution in [1.82, 2.24) is 4.98 Å². The van der Waals surface area contributed by atoms with Crippen LogP contribution in [0.15, 0.2) is 46.9 Å². The molecule has 4 nitrogen and oxygen atoms in total. The highest BCUT2D eigenvalue weighted by Crippen LogP contribution is 2.23. The zero-order chi connectivity index (χ0) is 14.1. The van der Waals surface area contributed by atoms with E-state index in [9.17, 15) is 4.79 Å². The number of rotatable bonds is 2. The summed E-state index contributed by atoms with van der Waals surface area (Å²) < 4.78 is 5.49. The number of halogens is 1. The van der Waals surface area contributed by atoms with Crippen molar-refractivity contribution in [3.05, 3.63) is 58.9 Å². The average Bonchev–Trinajstić information content (AvgIpc) is 2.81. The fraction of sp³-hybridized carbons (Fsp3) is 0.0667. The highest BCUT2D eigenvalue weighted by molar-refractivity contribution is 6.31. The van der Waals surface area contributed by atoms with Gasteiger partial charge in [-0.3, -0.25) is 4.79 Å². The Morgan fingerprint density at radius 1 is 1.25 bits per heavy atom. The Kier molecular flexibility index (Phi) is 3.16. The lowest BCUT2D eigenvalue weighted by atomic mass is 10.2. The van der Waals surface area contributed by atoms with Crippen LogP contribution in [0.1, 0.15) is 16.2 Å². The summed E-state index contributed by atoms with van der Waals surface area (Å²) in [6, 6.07) is 12.3. The molecule has 100 valence electrons. The number of carbonyl (C=O) groups is 1. The highest BCUT2D eigenvalue weighted by Gasteiger charge is 2.13. The molecule has 0 fully saturated rings. The van der Waals surface area contributed by atoms with Gasteiger partial charge in [-0.1, -0.05) is 17.7 Å². The number of aryl methyl sites for hydroxylation is 1. The fourth-order valence-electron chi connectivity index (χ4n) is 1.92. The van der Waals surface area contributed by atoms with Gasteiger partial charge in [-0.05, 0) is 43.3 Å². The Labute approximate surface area is 120 Å². The minimum absolute atomic E-state index is 0.227. The molecule has 2 heterocycles. The van der Waals surface area contributed by atoms with Crippen LogP contribution >= 0.6 is 11.6 Å². The summed E-state index contributed by atoms with van der Waals surface area (Å²) in [5, 5.41) is 4.09. The minimum Gasteiger partial charge on any atom is -0.451 e. The van der Waals surface area contributed by atoms with Gasteiger partial charge in [0.15, 0.2) is 5.76 Å². The van der Waals surface area contributed by atoms with Gasteiger partial charge in [-0.2, -0.15) is 0 Å². The van der Waals surface area contributed by atoms with Crippen molar-refractivity contribution in [2.75, 3.05) is 5.32 Å². The number of nitrogens with one attached hydrogen (secondary N) is 1. The van der Waals surface area contributed by atoms with Crippen molar-refractivity contribution in [2.24, 2.45) is 0 Å². The Morgan fingerprint density at radius 2 is 2.10 bits per heavy atom. The zero-order valence-electron chi connectivity index (χ0n) is 10.7. The number of furan rings is 1. The maximum atomic E-state index is 12.1. The maximum Gasteiger partial charge on any atom is 0.292 e. The number of anilines is 1. The fourth-order valence-corrected chi connectivity index (χ4v) is 2.10. The van der Waals surface area contributed by atoms with Crippen LogP contribution in [0.5, 0.6) is 0 Å². The van der Waals surface area contributed by atoms with Crippen LogP contribution in [0.4, 0.5) is 5.82 Å². The monoisotopic (exact) mass is 286 g/mol. The molecule has 0 aliphatic carbocycles. The molecule has 0 bridgehead atoms. The molecule has 0 saturated heterocycles. The van der Waals surface area contributed by atoms with E-state index in [1.54, 1.807) is 30.3 Å². The second kappa shape index (κ2) is 4.98. The predicted molar refractivity (Wildman–Crippen MR) is 78.2 cm³/mol. The molecule has 5 heteroatoms. The summed E-state index contributed by atoms with van der Waals surface area (Å²) in [6.45, 7) is 1.86. The first-order valence-corrected chi connectivity index (χ1v) is 6.44. The van der Waals surface area contributed by atoms with Gasteiger partial charge in [-0.25, -0.2) is 4.98 Å². The largest absolute Gasteiger partial charge is 0.451 e. The first kappa shape index (κ1) is 12.7. The molecular weight excluding hydrogens is 276 g/mol. The van der Waals surface area contributed by atoms with Crippen LogP contribution in [-0.2, 0) is 0 Å². The molecule has 20 heavy (non-hydrogen) atoms. The summed E-state index contributed by atoms with van der Waals surface area (Å²) in [7, 11) is 0. The topological polar surface area (TPSA) is 55.1 Å². The number of aromatic nitrogens is 1. The van der Waals surface area contributed by atoms with E-state index >= 15 is 0 Å². The summed E-state index contributed by atoms with van der Waals surface area (Å²) in [5.74, 6) is 0.384. The molecule has 0 saturated carbocycles. The number of hydrogen-bond acceptors (Lipinski definition) is 3. The maximum absolute atomic E-state index is 12.1. The van der Waals surface area contributed by atoms with Crippen LogP contribution in [0.25, 0.3) is 11.0 Å². The third kappa shape index (κ3) is 2.51. The van der Waals surface area contributed by atoms with Crippen LogP contribution in [-0.4, -0.2) is 10.9 Å². The second-order valence-corrected chi connectivity index (χ2v) is 4.85. The number of amides is 1. The quantitative estimate of drug-likeness (QED) is 0.773. The molecule has 0 spiro atoms. The highest BCUT2D eigenvalue weighted by atomic mass is 35.5. The molecule has 1 amide bonds. The van der Waals surface area contributed by atoms with E-state index in [0.717, 1.165) is 11.1 Å². The molecule has 0 aliphatic heterocycles. The van der Waals surface area contributed by atoms with E-state index in [-0.39, 0.29) is 11.7 Å². The van der Waals surface area contributed by atoms with Gasteiger partial charge in [-0.15, -0.1) is 0 Å². The van der Waals surface area contributed by atoms with Crippen molar-refractivity contribution >= 4 is 34.3 Å². The number of fused-ring (bicyclic) bond motifs is 1. The van der Waals surface area contributed by atoms with Crippen molar-refractivity contribution < 1.29 is 9.21 Å². The number of carbonyl (C=O) groups excluding carboxylic acids is 1. The third-order valence-corrected chi connectivity index (χ3v) is 3.07. The number of benzene rings is 1. The van der Waals surface area contributed by atoms with Gasteiger partial charge in [0.05, 0.1) is 0 Å². The third-order valence-electron chi connectivity index (χ3n) is 2.83. The van der Waals surface area contributed by atoms with Crippen LogP contribution in [0, 0.1) is 6.92 Å². The Morgan fingerprint density at radius 3 is 2.90 bits per heavy atom. The van der Waals surface area contributed by atoms with Crippen LogP contribution < -0.4 is 5.32 Å². The Bertz CT molecular complexity index is 795. The van der Waals surface area contributed by atoms with E-state index in [0.29, 0.717) is 16.4 Å². The predicted octanol–water partition coefficient (Wildman–Crippen LogP) is 4.04. The molecular formula is C15H11ClN2O2. The van der Waals surface area contributed by atoms with Crippen molar-refractivity contribution in [3.8, 4) is 0 Å². The zero-order valence-corrected chi connectivity index (χ0v) is 11.4. The van der Waals surface area contributed by atoms with Crippen molar-refractivity contribution in [1.29, 1.82) is 0 Å². The van der Waals surface area contributed by atoms with Gasteiger partial charge in [0.25, 0.3) is 5.91 Å². The number of hydrogen-bond donors (Lipinski definition) is 1. The van der Waals surface area contributed by atoms with E-state index in [2.05, 4.69) is 10.3 Å². The number of pyridine rings is 1. The second-order valence-electron chi connectivity index (χ2n) is 4.41. The standard InChI is InChI=1S/C15H11ClN2O2/c1-9-3-2-4-14(17-9)18-15(19)13-8-10-7-11(16)5-6-12(10)20-13/h2-8H,1H3,(H,17,18,19). The lowest BCUT2D eigenvalue weighted by molar-refractivity contribution is 0.0998. The first-order valence-electron chi connectivity index (χ1n) is 6.06. The summed E-state index contributed by atoms with van der Waals surface area (Å²) in [4.78, 5) is 16.3. The molecule has 1 N–H and O–H groups in total. The normalized spacial score (nSPS) is 10.7. The smallest absolute Gasteiger partial charge is 0.292 e. The van der Waals surface area contributed by atoms with Gasteiger partial charge in [0.1, 0.15) is 11.4 Å². The SMILES string of the molecule is Cc1cccc(NC(=O)c2cc3cc(Cl)ccc3o2)n1. The average molecular weight is 287 g/mol. The first-order chi connectivity index (χ1) is 9.61. The Balaban J connectivity index is 1.88. The molecule has 0 atom stereocenters. The van der Waals surface area contributed by atoms with Gasteiger partial charge in [0, 0.05) is 16.1 Å². The molecule has 1 aromatic carbocycles. The van der Waals surface area contributed by atoms with Gasteiger partial charge < -0.3 is 9.73 Å². The lowest BCUT2D eigenvalue weighted by Gasteiger charge is -2.02. The lowest BCUT2D eigenvalue weighted by Crippen LogP contribution is -2.12. The van der Waals surface area contributed by atoms with E-state index in [4.69, 9.17) is 16.0 Å². The summed E-state index contributed by atoms with van der Waals surface area (Å²) in [5.41, 5.74) is 1.45. The molecule has 0 aliphatic rings.